The Hall–Kier alpha value is -2.42. The molecule has 2 aromatic carbocycles. The van der Waals surface area contributed by atoms with Gasteiger partial charge in [-0.3, -0.25) is 14.5 Å². The molecule has 4 rings (SSSR count). The molecular formula is C25H30FN3O3S. The zero-order chi connectivity index (χ0) is 23.2. The molecule has 2 amide bonds. The van der Waals surface area contributed by atoms with Crippen LogP contribution in [0.4, 0.5) is 4.39 Å². The van der Waals surface area contributed by atoms with Gasteiger partial charge in [-0.05, 0) is 36.6 Å². The van der Waals surface area contributed by atoms with Crippen molar-refractivity contribution < 1.29 is 18.7 Å². The summed E-state index contributed by atoms with van der Waals surface area (Å²) in [7, 11) is 0. The Morgan fingerprint density at radius 1 is 1.18 bits per heavy atom. The van der Waals surface area contributed by atoms with Gasteiger partial charge in [-0.2, -0.15) is 0 Å². The fraction of sp³-hybridized carbons (Fsp3) is 0.440. The molecule has 0 spiro atoms. The molecule has 6 nitrogen and oxygen atoms in total. The lowest BCUT2D eigenvalue weighted by Gasteiger charge is -2.33. The number of benzene rings is 2. The average Bonchev–Trinajstić information content (AvgIpc) is 2.82. The third kappa shape index (κ3) is 6.56. The van der Waals surface area contributed by atoms with Gasteiger partial charge in [0, 0.05) is 25.4 Å². The highest BCUT2D eigenvalue weighted by Gasteiger charge is 2.33. The number of hydrogen-bond donors (Lipinski definition) is 2. The van der Waals surface area contributed by atoms with Crippen molar-refractivity contribution in [3.63, 3.8) is 0 Å². The summed E-state index contributed by atoms with van der Waals surface area (Å²) in [5, 5.41) is 5.77. The number of amides is 2. The van der Waals surface area contributed by atoms with Crippen molar-refractivity contribution in [2.24, 2.45) is 0 Å². The van der Waals surface area contributed by atoms with E-state index in [1.165, 1.54) is 29.5 Å². The van der Waals surface area contributed by atoms with Gasteiger partial charge in [-0.25, -0.2) is 4.39 Å². The van der Waals surface area contributed by atoms with Crippen molar-refractivity contribution in [2.75, 3.05) is 38.6 Å². The first-order chi connectivity index (χ1) is 16.0. The van der Waals surface area contributed by atoms with Crippen LogP contribution in [0.1, 0.15) is 22.7 Å². The number of nitrogens with one attached hydrogen (secondary N) is 2. The van der Waals surface area contributed by atoms with E-state index < -0.39 is 6.04 Å². The molecule has 3 unspecified atom stereocenters. The topological polar surface area (TPSA) is 70.7 Å². The third-order valence-electron chi connectivity index (χ3n) is 6.06. The van der Waals surface area contributed by atoms with Crippen LogP contribution in [0.15, 0.2) is 48.5 Å². The number of rotatable bonds is 7. The number of nitrogens with zero attached hydrogens (tertiary/aromatic N) is 1. The molecule has 8 heteroatoms. The van der Waals surface area contributed by atoms with Gasteiger partial charge in [0.05, 0.1) is 24.5 Å². The summed E-state index contributed by atoms with van der Waals surface area (Å²) in [5.74, 6) is -0.121. The fourth-order valence-electron chi connectivity index (χ4n) is 4.07. The largest absolute Gasteiger partial charge is 0.379 e. The quantitative estimate of drug-likeness (QED) is 0.649. The monoisotopic (exact) mass is 471 g/mol. The summed E-state index contributed by atoms with van der Waals surface area (Å²) < 4.78 is 18.6. The SMILES string of the molecule is Cc1ccc(C(CN2CCOCC2)NC(=O)C2CSC(Cc3ccc(F)cc3)C(=O)N2)cc1. The van der Waals surface area contributed by atoms with Crippen LogP contribution >= 0.6 is 11.8 Å². The lowest BCUT2D eigenvalue weighted by molar-refractivity contribution is -0.129. The molecule has 2 fully saturated rings. The predicted molar refractivity (Wildman–Crippen MR) is 128 cm³/mol. The Labute approximate surface area is 198 Å². The van der Waals surface area contributed by atoms with Gasteiger partial charge in [-0.15, -0.1) is 11.8 Å². The summed E-state index contributed by atoms with van der Waals surface area (Å²) in [6, 6.07) is 13.6. The summed E-state index contributed by atoms with van der Waals surface area (Å²) in [4.78, 5) is 28.1. The highest BCUT2D eigenvalue weighted by molar-refractivity contribution is 8.00. The summed E-state index contributed by atoms with van der Waals surface area (Å²) >= 11 is 1.47. The highest BCUT2D eigenvalue weighted by Crippen LogP contribution is 2.23. The van der Waals surface area contributed by atoms with Crippen molar-refractivity contribution >= 4 is 23.6 Å². The Morgan fingerprint density at radius 2 is 1.88 bits per heavy atom. The van der Waals surface area contributed by atoms with E-state index in [0.29, 0.717) is 31.9 Å². The maximum Gasteiger partial charge on any atom is 0.243 e. The summed E-state index contributed by atoms with van der Waals surface area (Å²) in [5.41, 5.74) is 3.11. The smallest absolute Gasteiger partial charge is 0.243 e. The van der Waals surface area contributed by atoms with E-state index in [1.807, 2.05) is 31.2 Å². The van der Waals surface area contributed by atoms with Crippen LogP contribution < -0.4 is 10.6 Å². The molecule has 2 aromatic rings. The van der Waals surface area contributed by atoms with E-state index in [2.05, 4.69) is 15.5 Å². The first-order valence-electron chi connectivity index (χ1n) is 11.3. The molecule has 2 aliphatic heterocycles. The molecule has 2 aliphatic rings. The minimum absolute atomic E-state index is 0.157. The van der Waals surface area contributed by atoms with Crippen LogP contribution in [-0.4, -0.2) is 66.6 Å². The number of morpholine rings is 1. The van der Waals surface area contributed by atoms with Gasteiger partial charge in [0.25, 0.3) is 0 Å². The van der Waals surface area contributed by atoms with Crippen LogP contribution in [0.2, 0.25) is 0 Å². The van der Waals surface area contributed by atoms with Crippen molar-refractivity contribution in [2.45, 2.75) is 30.7 Å². The number of aryl methyl sites for hydroxylation is 1. The Balaban J connectivity index is 1.37. The van der Waals surface area contributed by atoms with E-state index in [-0.39, 0.29) is 28.9 Å². The zero-order valence-electron chi connectivity index (χ0n) is 18.8. The maximum atomic E-state index is 13.1. The van der Waals surface area contributed by atoms with Crippen molar-refractivity contribution in [1.82, 2.24) is 15.5 Å². The standard InChI is InChI=1S/C25H30FN3O3S/c1-17-2-6-19(7-3-17)21(15-29-10-12-32-13-11-29)27-24(30)22-16-33-23(25(31)28-22)14-18-4-8-20(26)9-5-18/h2-9,21-23H,10-16H2,1H3,(H,27,30)(H,28,31). The summed E-state index contributed by atoms with van der Waals surface area (Å²) in [6.45, 7) is 5.78. The normalized spacial score (nSPS) is 22.4. The van der Waals surface area contributed by atoms with Crippen molar-refractivity contribution in [1.29, 1.82) is 0 Å². The average molecular weight is 472 g/mol. The van der Waals surface area contributed by atoms with E-state index in [0.717, 1.165) is 24.2 Å². The number of halogens is 1. The second-order valence-corrected chi connectivity index (χ2v) is 9.83. The van der Waals surface area contributed by atoms with Crippen LogP contribution in [0.25, 0.3) is 0 Å². The van der Waals surface area contributed by atoms with Gasteiger partial charge < -0.3 is 15.4 Å². The Morgan fingerprint density at radius 3 is 2.55 bits per heavy atom. The number of carbonyl (C=O) groups is 2. The van der Waals surface area contributed by atoms with Crippen molar-refractivity contribution in [3.05, 3.63) is 71.0 Å². The molecule has 2 N–H and O–H groups in total. The van der Waals surface area contributed by atoms with Crippen molar-refractivity contribution in [3.8, 4) is 0 Å². The van der Waals surface area contributed by atoms with E-state index in [9.17, 15) is 14.0 Å². The molecule has 3 atom stereocenters. The third-order valence-corrected chi connectivity index (χ3v) is 7.37. The highest BCUT2D eigenvalue weighted by atomic mass is 32.2. The maximum absolute atomic E-state index is 13.1. The second kappa shape index (κ2) is 11.1. The predicted octanol–water partition coefficient (Wildman–Crippen LogP) is 2.47. The molecule has 2 saturated heterocycles. The van der Waals surface area contributed by atoms with Crippen LogP contribution in [0, 0.1) is 12.7 Å². The minimum Gasteiger partial charge on any atom is -0.379 e. The van der Waals surface area contributed by atoms with E-state index in [4.69, 9.17) is 4.74 Å². The lowest BCUT2D eigenvalue weighted by Crippen LogP contribution is -2.55. The first-order valence-corrected chi connectivity index (χ1v) is 12.4. The molecule has 0 bridgehead atoms. The van der Waals surface area contributed by atoms with Gasteiger partial charge in [0.2, 0.25) is 11.8 Å². The van der Waals surface area contributed by atoms with Gasteiger partial charge in [0.1, 0.15) is 11.9 Å². The Kier molecular flexibility index (Phi) is 8.01. The van der Waals surface area contributed by atoms with E-state index >= 15 is 0 Å². The Bertz CT molecular complexity index is 948. The number of ether oxygens (including phenoxy) is 1. The molecule has 0 aliphatic carbocycles. The molecule has 33 heavy (non-hydrogen) atoms. The van der Waals surface area contributed by atoms with Gasteiger partial charge >= 0.3 is 0 Å². The second-order valence-electron chi connectivity index (χ2n) is 8.60. The lowest BCUT2D eigenvalue weighted by atomic mass is 10.0. The van der Waals surface area contributed by atoms with E-state index in [1.54, 1.807) is 12.1 Å². The zero-order valence-corrected chi connectivity index (χ0v) is 19.6. The molecule has 2 heterocycles. The van der Waals surface area contributed by atoms with Crippen LogP contribution in [0.3, 0.4) is 0 Å². The van der Waals surface area contributed by atoms with Crippen LogP contribution in [-0.2, 0) is 20.7 Å². The summed E-state index contributed by atoms with van der Waals surface area (Å²) in [6.07, 6.45) is 0.508. The number of thioether (sulfide) groups is 1. The number of carbonyl (C=O) groups excluding carboxylic acids is 2. The molecular weight excluding hydrogens is 441 g/mol. The van der Waals surface area contributed by atoms with Gasteiger partial charge in [0.15, 0.2) is 0 Å². The first kappa shape index (κ1) is 23.7. The molecule has 176 valence electrons. The molecule has 0 aromatic heterocycles. The number of hydrogen-bond acceptors (Lipinski definition) is 5. The molecule has 0 saturated carbocycles. The van der Waals surface area contributed by atoms with Crippen LogP contribution in [0.5, 0.6) is 0 Å². The molecule has 0 radical (unpaired) electrons. The fourth-order valence-corrected chi connectivity index (χ4v) is 5.26. The van der Waals surface area contributed by atoms with Gasteiger partial charge in [-0.1, -0.05) is 42.0 Å². The minimum atomic E-state index is -0.579.